The lowest BCUT2D eigenvalue weighted by Crippen LogP contribution is -2.33. The number of nitrogens with zero attached hydrogens (tertiary/aromatic N) is 1. The predicted octanol–water partition coefficient (Wildman–Crippen LogP) is 2.88. The van der Waals surface area contributed by atoms with E-state index in [-0.39, 0.29) is 11.3 Å². The fourth-order valence-electron chi connectivity index (χ4n) is 1.63. The summed E-state index contributed by atoms with van der Waals surface area (Å²) in [5.74, 6) is 0.268. The van der Waals surface area contributed by atoms with Gasteiger partial charge in [-0.2, -0.15) is 0 Å². The molecular formula is C14H23N3O. The third-order valence-corrected chi connectivity index (χ3v) is 3.39. The maximum absolute atomic E-state index is 8.70. The van der Waals surface area contributed by atoms with E-state index in [1.165, 1.54) is 11.1 Å². The summed E-state index contributed by atoms with van der Waals surface area (Å²) in [6.45, 7) is 8.90. The van der Waals surface area contributed by atoms with Gasteiger partial charge in [-0.1, -0.05) is 25.1 Å². The summed E-state index contributed by atoms with van der Waals surface area (Å²) < 4.78 is 0. The van der Waals surface area contributed by atoms with Crippen LogP contribution in [-0.2, 0) is 0 Å². The zero-order valence-corrected chi connectivity index (χ0v) is 11.6. The molecule has 100 valence electrons. The zero-order chi connectivity index (χ0) is 13.8. The van der Waals surface area contributed by atoms with E-state index in [2.05, 4.69) is 42.5 Å². The van der Waals surface area contributed by atoms with Gasteiger partial charge in [0.25, 0.3) is 0 Å². The number of anilines is 1. The van der Waals surface area contributed by atoms with E-state index in [9.17, 15) is 0 Å². The number of oxime groups is 1. The Morgan fingerprint density at radius 1 is 1.33 bits per heavy atom. The highest BCUT2D eigenvalue weighted by Crippen LogP contribution is 2.21. The van der Waals surface area contributed by atoms with Crippen LogP contribution in [0.15, 0.2) is 23.4 Å². The monoisotopic (exact) mass is 249 g/mol. The summed E-state index contributed by atoms with van der Waals surface area (Å²) in [6.07, 6.45) is 0.801. The van der Waals surface area contributed by atoms with Crippen molar-refractivity contribution in [3.05, 3.63) is 29.3 Å². The van der Waals surface area contributed by atoms with Gasteiger partial charge in [-0.25, -0.2) is 0 Å². The summed E-state index contributed by atoms with van der Waals surface area (Å²) in [5.41, 5.74) is 9.01. The molecule has 0 heterocycles. The van der Waals surface area contributed by atoms with Crippen molar-refractivity contribution in [2.45, 2.75) is 34.1 Å². The Bertz CT molecular complexity index is 439. The number of benzene rings is 1. The molecule has 4 heteroatoms. The molecule has 1 rings (SSSR count). The number of rotatable bonds is 5. The van der Waals surface area contributed by atoms with Crippen LogP contribution in [0.25, 0.3) is 0 Å². The molecule has 4 N–H and O–H groups in total. The highest BCUT2D eigenvalue weighted by atomic mass is 16.4. The first-order chi connectivity index (χ1) is 8.36. The molecule has 0 aliphatic heterocycles. The van der Waals surface area contributed by atoms with E-state index in [0.29, 0.717) is 0 Å². The molecule has 0 amide bonds. The van der Waals surface area contributed by atoms with Crippen molar-refractivity contribution in [2.24, 2.45) is 16.3 Å². The first kappa shape index (κ1) is 14.4. The minimum absolute atomic E-state index is 0.268. The van der Waals surface area contributed by atoms with E-state index < -0.39 is 0 Å². The molecule has 1 aromatic carbocycles. The Kier molecular flexibility index (Phi) is 4.59. The second kappa shape index (κ2) is 5.76. The van der Waals surface area contributed by atoms with Gasteiger partial charge in [0, 0.05) is 17.6 Å². The van der Waals surface area contributed by atoms with Gasteiger partial charge in [0.15, 0.2) is 0 Å². The molecule has 4 nitrogen and oxygen atoms in total. The van der Waals surface area contributed by atoms with Crippen LogP contribution in [0.5, 0.6) is 0 Å². The van der Waals surface area contributed by atoms with Gasteiger partial charge >= 0.3 is 0 Å². The van der Waals surface area contributed by atoms with Crippen molar-refractivity contribution in [1.82, 2.24) is 0 Å². The lowest BCUT2D eigenvalue weighted by atomic mass is 9.88. The number of aryl methyl sites for hydroxylation is 2. The number of hydrogen-bond acceptors (Lipinski definition) is 3. The summed E-state index contributed by atoms with van der Waals surface area (Å²) in [5, 5.41) is 15.1. The third kappa shape index (κ3) is 3.65. The second-order valence-corrected chi connectivity index (χ2v) is 5.34. The molecule has 0 aliphatic carbocycles. The highest BCUT2D eigenvalue weighted by molar-refractivity contribution is 5.85. The molecule has 18 heavy (non-hydrogen) atoms. The molecule has 0 radical (unpaired) electrons. The van der Waals surface area contributed by atoms with E-state index in [0.717, 1.165) is 18.7 Å². The van der Waals surface area contributed by atoms with E-state index >= 15 is 0 Å². The lowest BCUT2D eigenvalue weighted by molar-refractivity contribution is 0.306. The van der Waals surface area contributed by atoms with Crippen LogP contribution in [0.4, 0.5) is 5.69 Å². The van der Waals surface area contributed by atoms with Gasteiger partial charge in [-0.05, 0) is 43.5 Å². The minimum atomic E-state index is -0.304. The Morgan fingerprint density at radius 2 is 2.00 bits per heavy atom. The van der Waals surface area contributed by atoms with Crippen molar-refractivity contribution in [3.63, 3.8) is 0 Å². The smallest absolute Gasteiger partial charge is 0.144 e. The first-order valence-corrected chi connectivity index (χ1v) is 6.16. The number of hydrogen-bond donors (Lipinski definition) is 3. The highest BCUT2D eigenvalue weighted by Gasteiger charge is 2.22. The van der Waals surface area contributed by atoms with Crippen LogP contribution in [0, 0.1) is 19.3 Å². The molecule has 0 aliphatic rings. The summed E-state index contributed by atoms with van der Waals surface area (Å²) in [7, 11) is 0. The van der Waals surface area contributed by atoms with Gasteiger partial charge in [0.1, 0.15) is 5.84 Å². The minimum Gasteiger partial charge on any atom is -0.409 e. The van der Waals surface area contributed by atoms with Gasteiger partial charge in [-0.3, -0.25) is 0 Å². The second-order valence-electron chi connectivity index (χ2n) is 5.34. The standard InChI is InChI=1S/C14H23N3O/c1-10-5-6-12(9-11(10)2)16-8-7-14(3,4)13(15)17-18/h5-6,9,16,18H,7-8H2,1-4H3,(H2,15,17). The van der Waals surface area contributed by atoms with Crippen LogP contribution < -0.4 is 11.1 Å². The first-order valence-electron chi connectivity index (χ1n) is 6.16. The SMILES string of the molecule is Cc1ccc(NCCC(C)(C)C(N)=NO)cc1C. The number of amidine groups is 1. The number of nitrogens with one attached hydrogen (secondary N) is 1. The molecule has 0 atom stereocenters. The Balaban J connectivity index is 2.54. The molecule has 0 unspecified atom stereocenters. The lowest BCUT2D eigenvalue weighted by Gasteiger charge is -2.23. The van der Waals surface area contributed by atoms with Crippen LogP contribution in [0.3, 0.4) is 0 Å². The predicted molar refractivity (Wildman–Crippen MR) is 76.2 cm³/mol. The van der Waals surface area contributed by atoms with Crippen LogP contribution in [-0.4, -0.2) is 17.6 Å². The molecule has 0 saturated carbocycles. The van der Waals surface area contributed by atoms with E-state index in [1.54, 1.807) is 0 Å². The van der Waals surface area contributed by atoms with Crippen molar-refractivity contribution < 1.29 is 5.21 Å². The Hall–Kier alpha value is -1.71. The molecule has 0 spiro atoms. The fourth-order valence-corrected chi connectivity index (χ4v) is 1.63. The van der Waals surface area contributed by atoms with Crippen molar-refractivity contribution >= 4 is 11.5 Å². The van der Waals surface area contributed by atoms with Gasteiger partial charge in [0.2, 0.25) is 0 Å². The quantitative estimate of drug-likeness (QED) is 0.325. The molecule has 0 saturated heterocycles. The summed E-state index contributed by atoms with van der Waals surface area (Å²) >= 11 is 0. The van der Waals surface area contributed by atoms with E-state index in [1.807, 2.05) is 13.8 Å². The molecule has 1 aromatic rings. The molecular weight excluding hydrogens is 226 g/mol. The van der Waals surface area contributed by atoms with Crippen molar-refractivity contribution in [1.29, 1.82) is 0 Å². The third-order valence-electron chi connectivity index (χ3n) is 3.39. The van der Waals surface area contributed by atoms with Crippen LogP contribution in [0.2, 0.25) is 0 Å². The maximum atomic E-state index is 8.70. The topological polar surface area (TPSA) is 70.6 Å². The van der Waals surface area contributed by atoms with Gasteiger partial charge < -0.3 is 16.3 Å². The summed E-state index contributed by atoms with van der Waals surface area (Å²) in [4.78, 5) is 0. The van der Waals surface area contributed by atoms with Crippen molar-refractivity contribution in [2.75, 3.05) is 11.9 Å². The zero-order valence-electron chi connectivity index (χ0n) is 11.6. The van der Waals surface area contributed by atoms with Gasteiger partial charge in [0.05, 0.1) is 0 Å². The van der Waals surface area contributed by atoms with Gasteiger partial charge in [-0.15, -0.1) is 0 Å². The fraction of sp³-hybridized carbons (Fsp3) is 0.500. The number of nitrogens with two attached hydrogens (primary N) is 1. The molecule has 0 fully saturated rings. The molecule has 0 bridgehead atoms. The Morgan fingerprint density at radius 3 is 2.56 bits per heavy atom. The van der Waals surface area contributed by atoms with Crippen LogP contribution >= 0.6 is 0 Å². The maximum Gasteiger partial charge on any atom is 0.144 e. The van der Waals surface area contributed by atoms with Crippen LogP contribution in [0.1, 0.15) is 31.4 Å². The average molecular weight is 249 g/mol. The largest absolute Gasteiger partial charge is 0.409 e. The Labute approximate surface area is 109 Å². The summed E-state index contributed by atoms with van der Waals surface area (Å²) in [6, 6.07) is 6.30. The van der Waals surface area contributed by atoms with E-state index in [4.69, 9.17) is 10.9 Å². The molecule has 0 aromatic heterocycles. The normalized spacial score (nSPS) is 12.6. The average Bonchev–Trinajstić information content (AvgIpc) is 2.32. The van der Waals surface area contributed by atoms with Crippen molar-refractivity contribution in [3.8, 4) is 0 Å².